The van der Waals surface area contributed by atoms with Crippen LogP contribution in [0.15, 0.2) is 66.4 Å². The van der Waals surface area contributed by atoms with Crippen LogP contribution >= 0.6 is 0 Å². The van der Waals surface area contributed by atoms with E-state index in [9.17, 15) is 26.7 Å². The molecule has 2 heterocycles. The number of aromatic nitrogens is 1. The zero-order valence-electron chi connectivity index (χ0n) is 17.9. The number of pyridine rings is 1. The van der Waals surface area contributed by atoms with Gasteiger partial charge in [0.05, 0.1) is 11.1 Å². The Hall–Kier alpha value is -3.75. The van der Waals surface area contributed by atoms with Gasteiger partial charge >= 0.3 is 6.18 Å². The molecule has 1 aromatic heterocycles. The molecule has 0 bridgehead atoms. The van der Waals surface area contributed by atoms with Gasteiger partial charge in [-0.25, -0.2) is 13.8 Å². The van der Waals surface area contributed by atoms with Crippen LogP contribution in [0, 0.1) is 11.6 Å². The molecule has 0 spiro atoms. The molecule has 176 valence electrons. The van der Waals surface area contributed by atoms with E-state index in [0.29, 0.717) is 43.0 Å². The van der Waals surface area contributed by atoms with Crippen molar-refractivity contribution in [2.75, 3.05) is 23.3 Å². The number of amides is 1. The van der Waals surface area contributed by atoms with Crippen LogP contribution in [0.4, 0.5) is 33.5 Å². The number of nitrogens with zero attached hydrogens (tertiary/aromatic N) is 2. The van der Waals surface area contributed by atoms with Crippen molar-refractivity contribution in [2.24, 2.45) is 0 Å². The van der Waals surface area contributed by atoms with E-state index in [1.165, 1.54) is 36.5 Å². The standard InChI is InChI=1S/C25H20F5N3O/c26-19-2-5-21(6-3-19)32-24(34)17-1-8-23(31-15-17)33-11-9-16(10-12-33)13-18-14-20(27)4-7-22(18)25(28,29)30/h1-8,13-15H,9-12H2,(H,32,34). The van der Waals surface area contributed by atoms with Crippen LogP contribution in [0.25, 0.3) is 6.08 Å². The summed E-state index contributed by atoms with van der Waals surface area (Å²) < 4.78 is 66.2. The summed E-state index contributed by atoms with van der Waals surface area (Å²) in [5, 5.41) is 2.66. The molecule has 0 aliphatic carbocycles. The maximum absolute atomic E-state index is 13.5. The highest BCUT2D eigenvalue weighted by molar-refractivity contribution is 6.04. The Labute approximate surface area is 192 Å². The number of alkyl halides is 3. The first kappa shape index (κ1) is 23.4. The number of anilines is 2. The molecule has 34 heavy (non-hydrogen) atoms. The molecule has 0 saturated carbocycles. The minimum Gasteiger partial charge on any atom is -0.356 e. The molecule has 1 saturated heterocycles. The Bertz CT molecular complexity index is 1190. The van der Waals surface area contributed by atoms with Gasteiger partial charge in [0.1, 0.15) is 17.5 Å². The smallest absolute Gasteiger partial charge is 0.356 e. The van der Waals surface area contributed by atoms with Crippen LogP contribution in [0.1, 0.15) is 34.3 Å². The molecule has 4 rings (SSSR count). The average Bonchev–Trinajstić information content (AvgIpc) is 2.80. The number of rotatable bonds is 4. The first-order valence-electron chi connectivity index (χ1n) is 10.5. The number of nitrogens with one attached hydrogen (secondary N) is 1. The second kappa shape index (κ2) is 9.62. The molecule has 9 heteroatoms. The van der Waals surface area contributed by atoms with E-state index in [-0.39, 0.29) is 11.5 Å². The third-order valence-corrected chi connectivity index (χ3v) is 5.52. The van der Waals surface area contributed by atoms with E-state index in [1.54, 1.807) is 12.1 Å². The lowest BCUT2D eigenvalue weighted by Crippen LogP contribution is -2.31. The second-order valence-electron chi connectivity index (χ2n) is 7.89. The van der Waals surface area contributed by atoms with Gasteiger partial charge in [-0.1, -0.05) is 11.6 Å². The fourth-order valence-electron chi connectivity index (χ4n) is 3.74. The maximum Gasteiger partial charge on any atom is 0.416 e. The highest BCUT2D eigenvalue weighted by Crippen LogP contribution is 2.34. The molecule has 1 aliphatic heterocycles. The lowest BCUT2D eigenvalue weighted by Gasteiger charge is -2.29. The van der Waals surface area contributed by atoms with Crippen molar-refractivity contribution in [1.29, 1.82) is 0 Å². The number of benzene rings is 2. The fourth-order valence-corrected chi connectivity index (χ4v) is 3.74. The van der Waals surface area contributed by atoms with Crippen LogP contribution in [0.3, 0.4) is 0 Å². The van der Waals surface area contributed by atoms with Gasteiger partial charge in [-0.3, -0.25) is 4.79 Å². The fraction of sp³-hybridized carbons (Fsp3) is 0.200. The van der Waals surface area contributed by atoms with Gasteiger partial charge < -0.3 is 10.2 Å². The van der Waals surface area contributed by atoms with E-state index >= 15 is 0 Å². The SMILES string of the molecule is O=C(Nc1ccc(F)cc1)c1ccc(N2CCC(=Cc3cc(F)ccc3C(F)(F)F)CC2)nc1. The van der Waals surface area contributed by atoms with Crippen LogP contribution in [-0.4, -0.2) is 24.0 Å². The minimum atomic E-state index is -4.56. The summed E-state index contributed by atoms with van der Waals surface area (Å²) in [5.74, 6) is -0.866. The summed E-state index contributed by atoms with van der Waals surface area (Å²) in [6.07, 6.45) is -0.707. The molecular weight excluding hydrogens is 453 g/mol. The van der Waals surface area contributed by atoms with Crippen LogP contribution in [0.2, 0.25) is 0 Å². The predicted octanol–water partition coefficient (Wildman–Crippen LogP) is 6.31. The first-order valence-corrected chi connectivity index (χ1v) is 10.5. The average molecular weight is 473 g/mol. The number of halogens is 5. The van der Waals surface area contributed by atoms with Crippen molar-refractivity contribution in [3.05, 3.63) is 94.7 Å². The van der Waals surface area contributed by atoms with Crippen molar-refractivity contribution in [3.63, 3.8) is 0 Å². The Morgan fingerprint density at radius 2 is 1.62 bits per heavy atom. The van der Waals surface area contributed by atoms with Gasteiger partial charge in [0.15, 0.2) is 0 Å². The summed E-state index contributed by atoms with van der Waals surface area (Å²) in [5.41, 5.74) is 0.544. The van der Waals surface area contributed by atoms with Gasteiger partial charge in [0.2, 0.25) is 0 Å². The largest absolute Gasteiger partial charge is 0.416 e. The maximum atomic E-state index is 13.5. The monoisotopic (exact) mass is 473 g/mol. The minimum absolute atomic E-state index is 0.175. The van der Waals surface area contributed by atoms with Gasteiger partial charge in [-0.15, -0.1) is 0 Å². The Kier molecular flexibility index (Phi) is 6.63. The molecule has 0 atom stereocenters. The van der Waals surface area contributed by atoms with Crippen LogP contribution in [0.5, 0.6) is 0 Å². The third-order valence-electron chi connectivity index (χ3n) is 5.52. The topological polar surface area (TPSA) is 45.2 Å². The zero-order valence-corrected chi connectivity index (χ0v) is 17.9. The highest BCUT2D eigenvalue weighted by atomic mass is 19.4. The lowest BCUT2D eigenvalue weighted by molar-refractivity contribution is -0.137. The lowest BCUT2D eigenvalue weighted by atomic mass is 9.98. The molecular formula is C25H20F5N3O. The summed E-state index contributed by atoms with van der Waals surface area (Å²) in [4.78, 5) is 18.7. The predicted molar refractivity (Wildman–Crippen MR) is 119 cm³/mol. The molecule has 4 nitrogen and oxygen atoms in total. The van der Waals surface area contributed by atoms with Crippen LogP contribution in [-0.2, 0) is 6.18 Å². The van der Waals surface area contributed by atoms with Crippen molar-refractivity contribution in [2.45, 2.75) is 19.0 Å². The number of hydrogen-bond acceptors (Lipinski definition) is 3. The number of carbonyl (C=O) groups is 1. The van der Waals surface area contributed by atoms with Gasteiger partial charge in [-0.05, 0) is 73.0 Å². The summed E-state index contributed by atoms with van der Waals surface area (Å²) >= 11 is 0. The van der Waals surface area contributed by atoms with E-state index in [0.717, 1.165) is 23.8 Å². The Balaban J connectivity index is 1.40. The second-order valence-corrected chi connectivity index (χ2v) is 7.89. The van der Waals surface area contributed by atoms with Gasteiger partial charge in [0.25, 0.3) is 5.91 Å². The van der Waals surface area contributed by atoms with Gasteiger partial charge in [0, 0.05) is 25.0 Å². The first-order chi connectivity index (χ1) is 16.2. The quantitative estimate of drug-likeness (QED) is 0.452. The summed E-state index contributed by atoms with van der Waals surface area (Å²) in [6.45, 7) is 1.05. The molecule has 1 fully saturated rings. The normalized spacial score (nSPS) is 14.1. The molecule has 0 radical (unpaired) electrons. The van der Waals surface area contributed by atoms with Crippen molar-refractivity contribution < 1.29 is 26.7 Å². The molecule has 2 aromatic carbocycles. The highest BCUT2D eigenvalue weighted by Gasteiger charge is 2.33. The van der Waals surface area contributed by atoms with Crippen molar-refractivity contribution in [3.8, 4) is 0 Å². The molecule has 1 aliphatic rings. The number of carbonyl (C=O) groups excluding carboxylic acids is 1. The van der Waals surface area contributed by atoms with Crippen LogP contribution < -0.4 is 10.2 Å². The molecule has 1 N–H and O–H groups in total. The molecule has 1 amide bonds. The third kappa shape index (κ3) is 5.59. The van der Waals surface area contributed by atoms with E-state index in [2.05, 4.69) is 10.3 Å². The van der Waals surface area contributed by atoms with E-state index in [4.69, 9.17) is 0 Å². The zero-order chi connectivity index (χ0) is 24.3. The summed E-state index contributed by atoms with van der Waals surface area (Å²) in [6, 6.07) is 11.2. The van der Waals surface area contributed by atoms with Crippen molar-refractivity contribution >= 4 is 23.5 Å². The van der Waals surface area contributed by atoms with Gasteiger partial charge in [-0.2, -0.15) is 13.2 Å². The Morgan fingerprint density at radius 3 is 2.24 bits per heavy atom. The summed E-state index contributed by atoms with van der Waals surface area (Å²) in [7, 11) is 0. The number of piperidine rings is 1. The number of hydrogen-bond donors (Lipinski definition) is 1. The molecule has 0 unspecified atom stereocenters. The molecule has 3 aromatic rings. The Morgan fingerprint density at radius 1 is 0.941 bits per heavy atom. The van der Waals surface area contributed by atoms with E-state index < -0.39 is 23.4 Å². The van der Waals surface area contributed by atoms with Crippen molar-refractivity contribution in [1.82, 2.24) is 4.98 Å². The van der Waals surface area contributed by atoms with E-state index in [1.807, 2.05) is 4.90 Å².